The number of thioether (sulfide) groups is 2. The monoisotopic (exact) mass is 930 g/mol. The van der Waals surface area contributed by atoms with Gasteiger partial charge in [-0.15, -0.1) is 0 Å². The summed E-state index contributed by atoms with van der Waals surface area (Å²) in [5.74, 6) is 3.35. The highest BCUT2D eigenvalue weighted by Gasteiger charge is 2.40. The molecule has 0 aliphatic carbocycles. The standard InChI is InChI=1S/C53H103NO7S2/c1-6-11-15-17-19-21-23-35-51(56)59-49(46-62-43-31-13-8-3)33-25-27-38-53(58-45-48(61-53)37-41-54(10-5)40-29-30-42-55)39-28-26-34-50(47-63-44-32-14-9-4)60-52(57)36-24-22-20-18-16-12-7-2/h48-50,55H,6-47H2,1-5H3. The van der Waals surface area contributed by atoms with Crippen LogP contribution in [0.4, 0.5) is 0 Å². The number of ether oxygens (including phenoxy) is 4. The predicted octanol–water partition coefficient (Wildman–Crippen LogP) is 14.7. The third-order valence-electron chi connectivity index (χ3n) is 12.6. The van der Waals surface area contributed by atoms with E-state index < -0.39 is 5.79 Å². The Hall–Kier alpha value is -0.520. The van der Waals surface area contributed by atoms with Crippen LogP contribution >= 0.6 is 23.5 Å². The van der Waals surface area contributed by atoms with Gasteiger partial charge in [0.1, 0.15) is 12.2 Å². The van der Waals surface area contributed by atoms with Crippen molar-refractivity contribution < 1.29 is 33.6 Å². The fourth-order valence-corrected chi connectivity index (χ4v) is 10.7. The van der Waals surface area contributed by atoms with Gasteiger partial charge in [0, 0.05) is 50.3 Å². The summed E-state index contributed by atoms with van der Waals surface area (Å²) in [7, 11) is 0. The van der Waals surface area contributed by atoms with E-state index in [-0.39, 0.29) is 36.9 Å². The molecular formula is C53H103NO7S2. The van der Waals surface area contributed by atoms with E-state index in [2.05, 4.69) is 39.5 Å². The molecule has 3 atom stereocenters. The van der Waals surface area contributed by atoms with Crippen LogP contribution in [0.15, 0.2) is 0 Å². The van der Waals surface area contributed by atoms with E-state index in [1.165, 1.54) is 103 Å². The second-order valence-corrected chi connectivity index (χ2v) is 20.9. The number of hydrogen-bond acceptors (Lipinski definition) is 10. The van der Waals surface area contributed by atoms with Crippen molar-refractivity contribution >= 4 is 35.5 Å². The molecule has 0 amide bonds. The maximum atomic E-state index is 13.0. The van der Waals surface area contributed by atoms with Crippen LogP contribution in [0, 0.1) is 0 Å². The van der Waals surface area contributed by atoms with Crippen molar-refractivity contribution in [3.8, 4) is 0 Å². The van der Waals surface area contributed by atoms with Crippen LogP contribution in [-0.2, 0) is 28.5 Å². The summed E-state index contributed by atoms with van der Waals surface area (Å²) in [4.78, 5) is 28.5. The van der Waals surface area contributed by atoms with Gasteiger partial charge in [-0.2, -0.15) is 23.5 Å². The van der Waals surface area contributed by atoms with E-state index in [9.17, 15) is 14.7 Å². The van der Waals surface area contributed by atoms with Crippen LogP contribution in [-0.4, -0.2) is 102 Å². The number of aliphatic hydroxyl groups is 1. The molecule has 1 aliphatic rings. The fraction of sp³-hybridized carbons (Fsp3) is 0.962. The van der Waals surface area contributed by atoms with Gasteiger partial charge in [-0.1, -0.05) is 137 Å². The second kappa shape index (κ2) is 44.0. The third kappa shape index (κ3) is 35.3. The van der Waals surface area contributed by atoms with Gasteiger partial charge in [-0.05, 0) is 108 Å². The summed E-state index contributed by atoms with van der Waals surface area (Å²) >= 11 is 3.88. The maximum Gasteiger partial charge on any atom is 0.306 e. The van der Waals surface area contributed by atoms with E-state index in [4.69, 9.17) is 18.9 Å². The highest BCUT2D eigenvalue weighted by molar-refractivity contribution is 7.99. The van der Waals surface area contributed by atoms with E-state index in [1.54, 1.807) is 0 Å². The zero-order valence-electron chi connectivity index (χ0n) is 42.1. The summed E-state index contributed by atoms with van der Waals surface area (Å²) in [6.45, 7) is 15.0. The van der Waals surface area contributed by atoms with Gasteiger partial charge in [-0.25, -0.2) is 0 Å². The molecule has 0 radical (unpaired) electrons. The average molecular weight is 931 g/mol. The number of hydrogen-bond donors (Lipinski definition) is 1. The fourth-order valence-electron chi connectivity index (χ4n) is 8.51. The lowest BCUT2D eigenvalue weighted by molar-refractivity contribution is -0.180. The molecule has 0 spiro atoms. The van der Waals surface area contributed by atoms with Crippen LogP contribution in [0.3, 0.4) is 0 Å². The van der Waals surface area contributed by atoms with Crippen molar-refractivity contribution in [1.82, 2.24) is 4.90 Å². The summed E-state index contributed by atoms with van der Waals surface area (Å²) in [6, 6.07) is 0. The SMILES string of the molecule is CCCCCCCCCC(=O)OC(CCCCC1(CCCCC(CSCCCCC)OC(=O)CCCCCCCCC)OCC(CCN(CC)CCCCO)O1)CSCCCCC. The van der Waals surface area contributed by atoms with Crippen LogP contribution in [0.1, 0.15) is 247 Å². The number of rotatable bonds is 48. The molecule has 8 nitrogen and oxygen atoms in total. The normalized spacial score (nSPS) is 17.4. The van der Waals surface area contributed by atoms with Crippen LogP contribution in [0.2, 0.25) is 0 Å². The molecule has 1 rings (SSSR count). The molecule has 0 saturated carbocycles. The highest BCUT2D eigenvalue weighted by Crippen LogP contribution is 2.36. The van der Waals surface area contributed by atoms with Gasteiger partial charge < -0.3 is 29.0 Å². The minimum atomic E-state index is -0.602. The largest absolute Gasteiger partial charge is 0.461 e. The Morgan fingerprint density at radius 1 is 0.587 bits per heavy atom. The quantitative estimate of drug-likeness (QED) is 0.0469. The smallest absolute Gasteiger partial charge is 0.306 e. The summed E-state index contributed by atoms with van der Waals surface area (Å²) in [5.41, 5.74) is 0. The zero-order valence-corrected chi connectivity index (χ0v) is 43.7. The number of nitrogens with zero attached hydrogens (tertiary/aromatic N) is 1. The second-order valence-electron chi connectivity index (χ2n) is 18.6. The predicted molar refractivity (Wildman–Crippen MR) is 272 cm³/mol. The molecule has 63 heavy (non-hydrogen) atoms. The molecule has 10 heteroatoms. The van der Waals surface area contributed by atoms with Crippen molar-refractivity contribution in [2.45, 2.75) is 271 Å². The minimum Gasteiger partial charge on any atom is -0.461 e. The topological polar surface area (TPSA) is 94.5 Å². The molecule has 1 saturated heterocycles. The minimum absolute atomic E-state index is 0.0249. The van der Waals surface area contributed by atoms with Crippen molar-refractivity contribution in [2.24, 2.45) is 0 Å². The molecule has 1 aliphatic heterocycles. The molecule has 1 fully saturated rings. The molecule has 0 aromatic heterocycles. The van der Waals surface area contributed by atoms with E-state index in [0.29, 0.717) is 19.4 Å². The molecule has 0 aromatic rings. The number of carbonyl (C=O) groups is 2. The van der Waals surface area contributed by atoms with Crippen LogP contribution < -0.4 is 0 Å². The number of aliphatic hydroxyl groups excluding tert-OH is 1. The Labute approximate surface area is 398 Å². The summed E-state index contributed by atoms with van der Waals surface area (Å²) < 4.78 is 25.9. The third-order valence-corrected chi connectivity index (χ3v) is 15.0. The number of unbranched alkanes of at least 4 members (excludes halogenated alkanes) is 19. The lowest BCUT2D eigenvalue weighted by atomic mass is 9.99. The van der Waals surface area contributed by atoms with Crippen molar-refractivity contribution in [2.75, 3.05) is 55.9 Å². The maximum absolute atomic E-state index is 13.0. The van der Waals surface area contributed by atoms with Gasteiger partial charge in [0.25, 0.3) is 0 Å². The van der Waals surface area contributed by atoms with E-state index in [1.807, 2.05) is 23.5 Å². The van der Waals surface area contributed by atoms with Gasteiger partial charge in [0.2, 0.25) is 0 Å². The Morgan fingerprint density at radius 3 is 1.51 bits per heavy atom. The van der Waals surface area contributed by atoms with Crippen molar-refractivity contribution in [3.63, 3.8) is 0 Å². The lowest BCUT2D eigenvalue weighted by Gasteiger charge is -2.29. The first-order valence-electron chi connectivity index (χ1n) is 27.0. The molecule has 0 aromatic carbocycles. The Kier molecular flexibility index (Phi) is 42.3. The van der Waals surface area contributed by atoms with Gasteiger partial charge in [0.15, 0.2) is 5.79 Å². The average Bonchev–Trinajstić information content (AvgIpc) is 3.69. The van der Waals surface area contributed by atoms with Crippen molar-refractivity contribution in [3.05, 3.63) is 0 Å². The van der Waals surface area contributed by atoms with Crippen LogP contribution in [0.5, 0.6) is 0 Å². The summed E-state index contributed by atoms with van der Waals surface area (Å²) in [6.07, 6.45) is 35.3. The number of carbonyl (C=O) groups excluding carboxylic acids is 2. The summed E-state index contributed by atoms with van der Waals surface area (Å²) in [5, 5.41) is 9.29. The first-order valence-corrected chi connectivity index (χ1v) is 29.3. The molecule has 1 N–H and O–H groups in total. The molecular weight excluding hydrogens is 827 g/mol. The highest BCUT2D eigenvalue weighted by atomic mass is 32.2. The van der Waals surface area contributed by atoms with Gasteiger partial charge in [-0.3, -0.25) is 9.59 Å². The Bertz CT molecular complexity index is 964. The molecule has 3 unspecified atom stereocenters. The molecule has 1 heterocycles. The number of esters is 2. The van der Waals surface area contributed by atoms with Gasteiger partial charge >= 0.3 is 11.9 Å². The Morgan fingerprint density at radius 2 is 1.05 bits per heavy atom. The van der Waals surface area contributed by atoms with Crippen molar-refractivity contribution in [1.29, 1.82) is 0 Å². The first-order chi connectivity index (χ1) is 30.8. The lowest BCUT2D eigenvalue weighted by Crippen LogP contribution is -2.33. The Balaban J connectivity index is 2.87. The first kappa shape index (κ1) is 60.5. The van der Waals surface area contributed by atoms with E-state index in [0.717, 1.165) is 139 Å². The molecule has 0 bridgehead atoms. The van der Waals surface area contributed by atoms with Gasteiger partial charge in [0.05, 0.1) is 12.7 Å². The molecule has 374 valence electrons. The zero-order chi connectivity index (χ0) is 45.9. The van der Waals surface area contributed by atoms with E-state index >= 15 is 0 Å². The van der Waals surface area contributed by atoms with Crippen LogP contribution in [0.25, 0.3) is 0 Å².